The Morgan fingerprint density at radius 2 is 1.09 bits per heavy atom. The zero-order valence-electron chi connectivity index (χ0n) is 18.4. The molecule has 0 aliphatic carbocycles. The van der Waals surface area contributed by atoms with Gasteiger partial charge in [-0.2, -0.15) is 0 Å². The second-order valence-corrected chi connectivity index (χ2v) is 7.99. The van der Waals surface area contributed by atoms with Crippen LogP contribution in [0, 0.1) is 11.8 Å². The van der Waals surface area contributed by atoms with Crippen LogP contribution >= 0.6 is 0 Å². The van der Waals surface area contributed by atoms with Gasteiger partial charge in [0.2, 0.25) is 0 Å². The fourth-order valence-corrected chi connectivity index (χ4v) is 3.81. The van der Waals surface area contributed by atoms with Gasteiger partial charge < -0.3 is 14.9 Å². The Morgan fingerprint density at radius 3 is 1.71 bits per heavy atom. The molecule has 0 saturated heterocycles. The first-order valence-corrected chi connectivity index (χ1v) is 10.8. The van der Waals surface area contributed by atoms with E-state index in [0.717, 1.165) is 28.0 Å². The number of fused-ring (bicyclic) bond motifs is 2. The number of rotatable bonds is 4. The van der Waals surface area contributed by atoms with Crippen molar-refractivity contribution in [2.75, 3.05) is 0 Å². The second kappa shape index (κ2) is 9.05. The van der Waals surface area contributed by atoms with E-state index in [9.17, 15) is 19.8 Å². The molecule has 5 nitrogen and oxygen atoms in total. The lowest BCUT2D eigenvalue weighted by Gasteiger charge is -2.08. The molecule has 0 spiro atoms. The van der Waals surface area contributed by atoms with Crippen molar-refractivity contribution in [3.05, 3.63) is 119 Å². The van der Waals surface area contributed by atoms with Crippen LogP contribution in [0.15, 0.2) is 97.1 Å². The molecule has 0 saturated carbocycles. The number of carboxylic acid groups (broad SMARTS) is 2. The molecule has 0 radical (unpaired) electrons. The van der Waals surface area contributed by atoms with E-state index in [4.69, 9.17) is 4.74 Å². The summed E-state index contributed by atoms with van der Waals surface area (Å²) in [6.45, 7) is 0. The molecule has 5 aromatic rings. The Hall–Kier alpha value is -5.08. The van der Waals surface area contributed by atoms with E-state index in [-0.39, 0.29) is 16.9 Å². The molecule has 5 heteroatoms. The lowest BCUT2D eigenvalue weighted by atomic mass is 10.0. The van der Waals surface area contributed by atoms with Gasteiger partial charge in [0.05, 0.1) is 11.1 Å². The molecule has 0 bridgehead atoms. The average molecular weight is 458 g/mol. The van der Waals surface area contributed by atoms with Crippen molar-refractivity contribution in [2.45, 2.75) is 0 Å². The Morgan fingerprint density at radius 1 is 0.543 bits per heavy atom. The van der Waals surface area contributed by atoms with E-state index in [1.54, 1.807) is 24.3 Å². The van der Waals surface area contributed by atoms with Gasteiger partial charge in [0.15, 0.2) is 0 Å². The summed E-state index contributed by atoms with van der Waals surface area (Å²) in [7, 11) is 0. The minimum atomic E-state index is -1.23. The van der Waals surface area contributed by atoms with Crippen molar-refractivity contribution in [1.29, 1.82) is 0 Å². The molecular weight excluding hydrogens is 440 g/mol. The molecule has 0 amide bonds. The van der Waals surface area contributed by atoms with Crippen LogP contribution < -0.4 is 4.74 Å². The molecule has 2 N–H and O–H groups in total. The minimum absolute atomic E-state index is 0.129. The predicted octanol–water partition coefficient (Wildman–Crippen LogP) is 6.58. The smallest absolute Gasteiger partial charge is 0.335 e. The quantitative estimate of drug-likeness (QED) is 0.235. The van der Waals surface area contributed by atoms with Crippen LogP contribution in [0.5, 0.6) is 11.5 Å². The summed E-state index contributed by atoms with van der Waals surface area (Å²) in [5.74, 6) is 4.43. The number of carboxylic acids is 2. The van der Waals surface area contributed by atoms with Crippen LogP contribution in [0.25, 0.3) is 21.5 Å². The summed E-state index contributed by atoms with van der Waals surface area (Å²) in [4.78, 5) is 22.6. The lowest BCUT2D eigenvalue weighted by molar-refractivity contribution is 0.0696. The van der Waals surface area contributed by atoms with Crippen LogP contribution in [0.4, 0.5) is 0 Å². The molecule has 168 valence electrons. The van der Waals surface area contributed by atoms with E-state index < -0.39 is 11.9 Å². The molecule has 0 heterocycles. The van der Waals surface area contributed by atoms with Crippen molar-refractivity contribution in [2.24, 2.45) is 0 Å². The zero-order valence-corrected chi connectivity index (χ0v) is 18.4. The van der Waals surface area contributed by atoms with E-state index >= 15 is 0 Å². The summed E-state index contributed by atoms with van der Waals surface area (Å²) in [6.07, 6.45) is 0. The van der Waals surface area contributed by atoms with Crippen molar-refractivity contribution >= 4 is 33.5 Å². The number of hydrogen-bond donors (Lipinski definition) is 2. The second-order valence-electron chi connectivity index (χ2n) is 7.99. The monoisotopic (exact) mass is 458 g/mol. The first-order chi connectivity index (χ1) is 16.9. The Kier molecular flexibility index (Phi) is 5.62. The Bertz CT molecular complexity index is 1640. The molecule has 0 unspecified atom stereocenters. The highest BCUT2D eigenvalue weighted by atomic mass is 16.5. The minimum Gasteiger partial charge on any atom is -0.478 e. The van der Waals surface area contributed by atoms with Crippen LogP contribution in [0.1, 0.15) is 31.8 Å². The van der Waals surface area contributed by atoms with Gasteiger partial charge in [-0.25, -0.2) is 9.59 Å². The third-order valence-corrected chi connectivity index (χ3v) is 5.55. The predicted molar refractivity (Wildman–Crippen MR) is 134 cm³/mol. The lowest BCUT2D eigenvalue weighted by Crippen LogP contribution is -2.03. The summed E-state index contributed by atoms with van der Waals surface area (Å²) in [6, 6.07) is 29.4. The third kappa shape index (κ3) is 4.82. The normalized spacial score (nSPS) is 10.5. The maximum atomic E-state index is 11.3. The molecule has 0 aromatic heterocycles. The largest absolute Gasteiger partial charge is 0.478 e. The molecule has 0 fully saturated rings. The summed E-state index contributed by atoms with van der Waals surface area (Å²) in [5.41, 5.74) is 1.36. The van der Waals surface area contributed by atoms with Gasteiger partial charge in [-0.1, -0.05) is 42.2 Å². The molecule has 5 rings (SSSR count). The van der Waals surface area contributed by atoms with Gasteiger partial charge in [-0.3, -0.25) is 0 Å². The van der Waals surface area contributed by atoms with Gasteiger partial charge in [-0.05, 0) is 88.3 Å². The van der Waals surface area contributed by atoms with E-state index in [0.29, 0.717) is 5.75 Å². The summed E-state index contributed by atoms with van der Waals surface area (Å²) in [5, 5.41) is 23.1. The van der Waals surface area contributed by atoms with Crippen LogP contribution in [-0.2, 0) is 0 Å². The highest BCUT2D eigenvalue weighted by Gasteiger charge is 2.12. The van der Waals surface area contributed by atoms with Crippen molar-refractivity contribution < 1.29 is 24.5 Å². The van der Waals surface area contributed by atoms with Gasteiger partial charge in [0, 0.05) is 11.1 Å². The highest BCUT2D eigenvalue weighted by Crippen LogP contribution is 2.26. The Labute approximate surface area is 200 Å². The summed E-state index contributed by atoms with van der Waals surface area (Å²) >= 11 is 0. The van der Waals surface area contributed by atoms with Crippen LogP contribution in [0.2, 0.25) is 0 Å². The molecule has 0 aliphatic rings. The van der Waals surface area contributed by atoms with Gasteiger partial charge in [0.1, 0.15) is 11.5 Å². The number of carbonyl (C=O) groups is 2. The standard InChI is InChI=1S/C30H18O5/c31-29(32)25-16-26(30(33)34)18-28(17-25)35-27-11-8-19(9-12-27)5-6-20-7-10-23-14-21-3-1-2-4-22(21)15-24(23)13-20/h1-4,7-18H,(H,31,32)(H,33,34). The van der Waals surface area contributed by atoms with E-state index in [1.165, 1.54) is 22.9 Å². The number of ether oxygens (including phenoxy) is 1. The fraction of sp³-hybridized carbons (Fsp3) is 0. The molecule has 0 aliphatic heterocycles. The Balaban J connectivity index is 1.36. The summed E-state index contributed by atoms with van der Waals surface area (Å²) < 4.78 is 5.69. The van der Waals surface area contributed by atoms with E-state index in [1.807, 2.05) is 18.2 Å². The van der Waals surface area contributed by atoms with Crippen LogP contribution in [0.3, 0.4) is 0 Å². The maximum absolute atomic E-state index is 11.3. The average Bonchev–Trinajstić information content (AvgIpc) is 2.86. The number of hydrogen-bond acceptors (Lipinski definition) is 3. The first-order valence-electron chi connectivity index (χ1n) is 10.8. The molecular formula is C30H18O5. The number of benzene rings is 5. The topological polar surface area (TPSA) is 83.8 Å². The van der Waals surface area contributed by atoms with Gasteiger partial charge in [0.25, 0.3) is 0 Å². The van der Waals surface area contributed by atoms with Crippen molar-refractivity contribution in [3.8, 4) is 23.3 Å². The molecule has 5 aromatic carbocycles. The SMILES string of the molecule is O=C(O)c1cc(Oc2ccc(C#Cc3ccc4cc5ccccc5cc4c3)cc2)cc(C(=O)O)c1. The number of aromatic carboxylic acids is 2. The molecule has 0 atom stereocenters. The fourth-order valence-electron chi connectivity index (χ4n) is 3.81. The highest BCUT2D eigenvalue weighted by molar-refractivity contribution is 5.98. The van der Waals surface area contributed by atoms with Crippen LogP contribution in [-0.4, -0.2) is 22.2 Å². The van der Waals surface area contributed by atoms with E-state index in [2.05, 4.69) is 48.2 Å². The van der Waals surface area contributed by atoms with Crippen molar-refractivity contribution in [3.63, 3.8) is 0 Å². The first kappa shape index (κ1) is 21.7. The maximum Gasteiger partial charge on any atom is 0.335 e. The third-order valence-electron chi connectivity index (χ3n) is 5.55. The van der Waals surface area contributed by atoms with Gasteiger partial charge >= 0.3 is 11.9 Å². The zero-order chi connectivity index (χ0) is 24.4. The van der Waals surface area contributed by atoms with Gasteiger partial charge in [-0.15, -0.1) is 0 Å². The molecule has 35 heavy (non-hydrogen) atoms. The van der Waals surface area contributed by atoms with Crippen molar-refractivity contribution in [1.82, 2.24) is 0 Å².